The standard InChI is InChI=1S/C13H17FN4O2S/c1-7-5-10(14)11(15)6-12(7)21(19,20)17-13-8(2)16-18(4)9(13)3/h5-6,17H,15H2,1-4H3. The maximum absolute atomic E-state index is 13.4. The zero-order valence-corrected chi connectivity index (χ0v) is 13.0. The van der Waals surface area contributed by atoms with E-state index in [1.54, 1.807) is 25.6 Å². The number of nitrogens with zero attached hydrogens (tertiary/aromatic N) is 2. The normalized spacial score (nSPS) is 11.7. The van der Waals surface area contributed by atoms with Gasteiger partial charge in [-0.25, -0.2) is 12.8 Å². The van der Waals surface area contributed by atoms with E-state index in [1.165, 1.54) is 6.92 Å². The van der Waals surface area contributed by atoms with Gasteiger partial charge in [0.2, 0.25) is 0 Å². The summed E-state index contributed by atoms with van der Waals surface area (Å²) in [5, 5.41) is 4.15. The number of halogens is 1. The summed E-state index contributed by atoms with van der Waals surface area (Å²) in [5.74, 6) is -0.639. The average Bonchev–Trinajstić information content (AvgIpc) is 2.60. The van der Waals surface area contributed by atoms with Crippen molar-refractivity contribution in [3.05, 3.63) is 34.9 Å². The van der Waals surface area contributed by atoms with Crippen molar-refractivity contribution in [1.29, 1.82) is 0 Å². The molecule has 0 radical (unpaired) electrons. The Labute approximate surface area is 122 Å². The number of hydrogen-bond acceptors (Lipinski definition) is 4. The fraction of sp³-hybridized carbons (Fsp3) is 0.308. The van der Waals surface area contributed by atoms with Crippen LogP contribution in [0.15, 0.2) is 17.0 Å². The fourth-order valence-corrected chi connectivity index (χ4v) is 3.51. The Morgan fingerprint density at radius 2 is 1.90 bits per heavy atom. The van der Waals surface area contributed by atoms with Gasteiger partial charge in [-0.1, -0.05) is 0 Å². The molecule has 2 aromatic rings. The van der Waals surface area contributed by atoms with Crippen LogP contribution < -0.4 is 10.5 Å². The second kappa shape index (κ2) is 5.03. The van der Waals surface area contributed by atoms with Crippen LogP contribution in [0.2, 0.25) is 0 Å². The van der Waals surface area contributed by atoms with E-state index in [9.17, 15) is 12.8 Å². The van der Waals surface area contributed by atoms with Crippen molar-refractivity contribution in [2.45, 2.75) is 25.7 Å². The minimum atomic E-state index is -3.86. The molecular weight excluding hydrogens is 295 g/mol. The predicted molar refractivity (Wildman–Crippen MR) is 79.0 cm³/mol. The Morgan fingerprint density at radius 3 is 2.43 bits per heavy atom. The number of rotatable bonds is 3. The van der Waals surface area contributed by atoms with Gasteiger partial charge in [-0.2, -0.15) is 5.10 Å². The lowest BCUT2D eigenvalue weighted by Crippen LogP contribution is -2.16. The Balaban J connectivity index is 2.51. The molecule has 0 aliphatic rings. The molecule has 3 N–H and O–H groups in total. The first kappa shape index (κ1) is 15.3. The molecule has 1 aromatic carbocycles. The highest BCUT2D eigenvalue weighted by Crippen LogP contribution is 2.26. The van der Waals surface area contributed by atoms with Gasteiger partial charge in [-0.15, -0.1) is 0 Å². The lowest BCUT2D eigenvalue weighted by Gasteiger charge is -2.12. The summed E-state index contributed by atoms with van der Waals surface area (Å²) < 4.78 is 42.4. The first-order chi connectivity index (χ1) is 9.63. The third kappa shape index (κ3) is 2.71. The monoisotopic (exact) mass is 312 g/mol. The summed E-state index contributed by atoms with van der Waals surface area (Å²) in [6.07, 6.45) is 0. The van der Waals surface area contributed by atoms with Gasteiger partial charge in [-0.05, 0) is 38.5 Å². The lowest BCUT2D eigenvalue weighted by atomic mass is 10.2. The Kier molecular flexibility index (Phi) is 3.66. The number of benzene rings is 1. The van der Waals surface area contributed by atoms with Crippen LogP contribution >= 0.6 is 0 Å². The van der Waals surface area contributed by atoms with Gasteiger partial charge in [0.25, 0.3) is 10.0 Å². The van der Waals surface area contributed by atoms with Crippen molar-refractivity contribution in [3.8, 4) is 0 Å². The largest absolute Gasteiger partial charge is 0.396 e. The van der Waals surface area contributed by atoms with E-state index in [0.29, 0.717) is 17.1 Å². The predicted octanol–water partition coefficient (Wildman–Crippen LogP) is 1.87. The second-order valence-electron chi connectivity index (χ2n) is 4.91. The van der Waals surface area contributed by atoms with E-state index < -0.39 is 15.8 Å². The van der Waals surface area contributed by atoms with Crippen molar-refractivity contribution < 1.29 is 12.8 Å². The minimum Gasteiger partial charge on any atom is -0.396 e. The van der Waals surface area contributed by atoms with Crippen molar-refractivity contribution in [2.24, 2.45) is 7.05 Å². The molecule has 0 amide bonds. The van der Waals surface area contributed by atoms with Crippen LogP contribution in [-0.2, 0) is 17.1 Å². The number of sulfonamides is 1. The van der Waals surface area contributed by atoms with E-state index >= 15 is 0 Å². The molecule has 0 aliphatic carbocycles. The molecule has 0 fully saturated rings. The number of aryl methyl sites for hydroxylation is 3. The molecule has 0 aliphatic heterocycles. The molecule has 8 heteroatoms. The fourth-order valence-electron chi connectivity index (χ4n) is 2.07. The minimum absolute atomic E-state index is 0.0518. The van der Waals surface area contributed by atoms with Gasteiger partial charge in [-0.3, -0.25) is 9.40 Å². The second-order valence-corrected chi connectivity index (χ2v) is 6.56. The van der Waals surface area contributed by atoms with Crippen molar-refractivity contribution in [1.82, 2.24) is 9.78 Å². The zero-order valence-electron chi connectivity index (χ0n) is 12.2. The molecule has 0 spiro atoms. The highest BCUT2D eigenvalue weighted by Gasteiger charge is 2.22. The molecule has 0 atom stereocenters. The number of hydrogen-bond donors (Lipinski definition) is 2. The van der Waals surface area contributed by atoms with Crippen molar-refractivity contribution in [3.63, 3.8) is 0 Å². The Hall–Kier alpha value is -2.09. The Morgan fingerprint density at radius 1 is 1.29 bits per heavy atom. The summed E-state index contributed by atoms with van der Waals surface area (Å²) in [5.41, 5.74) is 7.20. The van der Waals surface area contributed by atoms with Gasteiger partial charge in [0.1, 0.15) is 5.82 Å². The van der Waals surface area contributed by atoms with Crippen molar-refractivity contribution >= 4 is 21.4 Å². The van der Waals surface area contributed by atoms with E-state index in [2.05, 4.69) is 9.82 Å². The molecule has 21 heavy (non-hydrogen) atoms. The number of nitrogens with two attached hydrogens (primary N) is 1. The number of anilines is 2. The molecular formula is C13H17FN4O2S. The summed E-state index contributed by atoms with van der Waals surface area (Å²) in [4.78, 5) is -0.0518. The maximum atomic E-state index is 13.4. The van der Waals surface area contributed by atoms with E-state index in [-0.39, 0.29) is 16.1 Å². The summed E-state index contributed by atoms with van der Waals surface area (Å²) in [6, 6.07) is 2.22. The van der Waals surface area contributed by atoms with Crippen LogP contribution in [0.4, 0.5) is 15.8 Å². The van der Waals surface area contributed by atoms with Crippen LogP contribution in [0.3, 0.4) is 0 Å². The molecule has 0 saturated heterocycles. The topological polar surface area (TPSA) is 90.0 Å². The summed E-state index contributed by atoms with van der Waals surface area (Å²) in [6.45, 7) is 4.97. The summed E-state index contributed by atoms with van der Waals surface area (Å²) in [7, 11) is -2.14. The molecule has 1 aromatic heterocycles. The average molecular weight is 312 g/mol. The molecule has 114 valence electrons. The number of aromatic nitrogens is 2. The Bertz CT molecular complexity index is 812. The number of nitrogens with one attached hydrogen (secondary N) is 1. The zero-order chi connectivity index (χ0) is 15.9. The molecule has 0 saturated carbocycles. The highest BCUT2D eigenvalue weighted by molar-refractivity contribution is 7.92. The third-order valence-corrected chi connectivity index (χ3v) is 4.82. The molecule has 0 unspecified atom stereocenters. The van der Waals surface area contributed by atoms with E-state index in [0.717, 1.165) is 12.1 Å². The quantitative estimate of drug-likeness (QED) is 0.847. The van der Waals surface area contributed by atoms with Gasteiger partial charge >= 0.3 is 0 Å². The lowest BCUT2D eigenvalue weighted by molar-refractivity contribution is 0.599. The maximum Gasteiger partial charge on any atom is 0.262 e. The van der Waals surface area contributed by atoms with Gasteiger partial charge in [0, 0.05) is 7.05 Å². The first-order valence-electron chi connectivity index (χ1n) is 6.22. The van der Waals surface area contributed by atoms with Gasteiger partial charge in [0.15, 0.2) is 0 Å². The third-order valence-electron chi connectivity index (χ3n) is 3.33. The smallest absolute Gasteiger partial charge is 0.262 e. The first-order valence-corrected chi connectivity index (χ1v) is 7.70. The highest BCUT2D eigenvalue weighted by atomic mass is 32.2. The van der Waals surface area contributed by atoms with Crippen molar-refractivity contribution in [2.75, 3.05) is 10.5 Å². The summed E-state index contributed by atoms with van der Waals surface area (Å²) >= 11 is 0. The number of nitrogen functional groups attached to an aromatic ring is 1. The molecule has 1 heterocycles. The van der Waals surface area contributed by atoms with Gasteiger partial charge in [0.05, 0.1) is 27.7 Å². The molecule has 6 nitrogen and oxygen atoms in total. The SMILES string of the molecule is Cc1cc(F)c(N)cc1S(=O)(=O)Nc1c(C)nn(C)c1C. The van der Waals surface area contributed by atoms with Crippen LogP contribution in [0.1, 0.15) is 17.0 Å². The van der Waals surface area contributed by atoms with Gasteiger partial charge < -0.3 is 5.73 Å². The molecule has 2 rings (SSSR count). The van der Waals surface area contributed by atoms with Crippen LogP contribution in [0.5, 0.6) is 0 Å². The van der Waals surface area contributed by atoms with Crippen LogP contribution in [0.25, 0.3) is 0 Å². The van der Waals surface area contributed by atoms with Crippen LogP contribution in [-0.4, -0.2) is 18.2 Å². The van der Waals surface area contributed by atoms with E-state index in [4.69, 9.17) is 5.73 Å². The molecule has 0 bridgehead atoms. The van der Waals surface area contributed by atoms with E-state index in [1.807, 2.05) is 0 Å². The van der Waals surface area contributed by atoms with Crippen LogP contribution in [0, 0.1) is 26.6 Å².